The lowest BCUT2D eigenvalue weighted by Crippen LogP contribution is -2.54. The second-order valence-electron chi connectivity index (χ2n) is 8.83. The first-order valence-corrected chi connectivity index (χ1v) is 11.2. The summed E-state index contributed by atoms with van der Waals surface area (Å²) in [5, 5.41) is 12.9. The van der Waals surface area contributed by atoms with Gasteiger partial charge < -0.3 is 19.5 Å². The number of nitriles is 1. The first kappa shape index (κ1) is 26.7. The number of hydrogen-bond donors (Lipinski definition) is 1. The minimum absolute atomic E-state index is 0. The SMILES string of the molecule is C[C@@H]1CN(CCCOc2ccc(-c3cc4c(ncn4C)c(C#N)n3)cc2C(F)(F)F)C[C@H](C)N1.Cl. The summed E-state index contributed by atoms with van der Waals surface area (Å²) in [6.45, 7) is 7.01. The molecular weight excluding hydrogens is 481 g/mol. The van der Waals surface area contributed by atoms with E-state index >= 15 is 0 Å². The van der Waals surface area contributed by atoms with E-state index in [2.05, 4.69) is 34.0 Å². The summed E-state index contributed by atoms with van der Waals surface area (Å²) in [6.07, 6.45) is -2.43. The zero-order valence-electron chi connectivity index (χ0n) is 19.8. The average Bonchev–Trinajstić information content (AvgIpc) is 3.15. The van der Waals surface area contributed by atoms with E-state index in [9.17, 15) is 18.4 Å². The normalized spacial score (nSPS) is 18.8. The van der Waals surface area contributed by atoms with Gasteiger partial charge in [0.1, 0.15) is 17.3 Å². The van der Waals surface area contributed by atoms with Crippen LogP contribution in [0.5, 0.6) is 5.75 Å². The Kier molecular flexibility index (Phi) is 8.26. The van der Waals surface area contributed by atoms with Gasteiger partial charge in [0.25, 0.3) is 0 Å². The van der Waals surface area contributed by atoms with Crippen molar-refractivity contribution >= 4 is 23.4 Å². The van der Waals surface area contributed by atoms with Crippen molar-refractivity contribution in [2.24, 2.45) is 7.05 Å². The quantitative estimate of drug-likeness (QED) is 0.497. The minimum atomic E-state index is -4.59. The zero-order chi connectivity index (χ0) is 24.5. The van der Waals surface area contributed by atoms with Gasteiger partial charge in [-0.3, -0.25) is 0 Å². The number of aromatic nitrogens is 3. The summed E-state index contributed by atoms with van der Waals surface area (Å²) >= 11 is 0. The highest BCUT2D eigenvalue weighted by Crippen LogP contribution is 2.39. The fourth-order valence-corrected chi connectivity index (χ4v) is 4.48. The third kappa shape index (κ3) is 6.04. The molecule has 1 aromatic carbocycles. The maximum absolute atomic E-state index is 13.9. The first-order valence-electron chi connectivity index (χ1n) is 11.2. The number of pyridine rings is 1. The largest absolute Gasteiger partial charge is 0.493 e. The molecule has 1 aliphatic heterocycles. The summed E-state index contributed by atoms with van der Waals surface area (Å²) < 4.78 is 48.9. The molecule has 0 radical (unpaired) electrons. The number of nitrogens with zero attached hydrogens (tertiary/aromatic N) is 5. The molecule has 1 N–H and O–H groups in total. The number of ether oxygens (including phenoxy) is 1. The summed E-state index contributed by atoms with van der Waals surface area (Å²) in [6, 6.07) is 8.27. The summed E-state index contributed by atoms with van der Waals surface area (Å²) in [4.78, 5) is 10.7. The Hall–Kier alpha value is -2.87. The third-order valence-corrected chi connectivity index (χ3v) is 5.91. The molecule has 0 spiro atoms. The van der Waals surface area contributed by atoms with Crippen molar-refractivity contribution in [3.63, 3.8) is 0 Å². The van der Waals surface area contributed by atoms with E-state index in [1.807, 2.05) is 6.07 Å². The summed E-state index contributed by atoms with van der Waals surface area (Å²) in [5.41, 5.74) is 0.762. The number of benzene rings is 1. The molecule has 0 bridgehead atoms. The second-order valence-corrected chi connectivity index (χ2v) is 8.83. The van der Waals surface area contributed by atoms with Gasteiger partial charge in [0.15, 0.2) is 5.69 Å². The fraction of sp³-hybridized carbons (Fsp3) is 0.458. The molecule has 3 heterocycles. The maximum atomic E-state index is 13.9. The number of nitrogens with one attached hydrogen (secondary N) is 1. The molecule has 188 valence electrons. The van der Waals surface area contributed by atoms with Gasteiger partial charge in [-0.1, -0.05) is 0 Å². The number of aryl methyl sites for hydroxylation is 1. The Morgan fingerprint density at radius 1 is 1.20 bits per heavy atom. The van der Waals surface area contributed by atoms with E-state index in [-0.39, 0.29) is 41.7 Å². The summed E-state index contributed by atoms with van der Waals surface area (Å²) in [5.74, 6) is -0.208. The van der Waals surface area contributed by atoms with Gasteiger partial charge in [0.2, 0.25) is 0 Å². The molecule has 1 saturated heterocycles. The van der Waals surface area contributed by atoms with Crippen molar-refractivity contribution in [1.29, 1.82) is 5.26 Å². The standard InChI is InChI=1S/C24H27F3N6O.ClH/c1-15-12-33(13-16(2)30-15)7-4-8-34-22-6-5-17(9-18(22)24(25,26)27)19-10-21-23(20(11-28)31-19)29-14-32(21)3;/h5-6,9-10,14-16,30H,4,7-8,12-13H2,1-3H3;1H/t15-,16+;. The number of piperazine rings is 1. The Balaban J connectivity index is 0.00000342. The molecular formula is C24H28ClF3N6O. The van der Waals surface area contributed by atoms with E-state index in [1.54, 1.807) is 17.7 Å². The Morgan fingerprint density at radius 2 is 1.91 bits per heavy atom. The topological polar surface area (TPSA) is 79.0 Å². The van der Waals surface area contributed by atoms with Crippen molar-refractivity contribution in [3.05, 3.63) is 41.9 Å². The monoisotopic (exact) mass is 508 g/mol. The van der Waals surface area contributed by atoms with Crippen LogP contribution < -0.4 is 10.1 Å². The third-order valence-electron chi connectivity index (χ3n) is 5.91. The molecule has 0 unspecified atom stereocenters. The van der Waals surface area contributed by atoms with Crippen LogP contribution in [0.4, 0.5) is 13.2 Å². The molecule has 11 heteroatoms. The van der Waals surface area contributed by atoms with Crippen molar-refractivity contribution in [2.45, 2.75) is 38.5 Å². The van der Waals surface area contributed by atoms with Crippen LogP contribution in [-0.4, -0.2) is 57.8 Å². The number of imidazole rings is 1. The number of rotatable bonds is 6. The lowest BCUT2D eigenvalue weighted by Gasteiger charge is -2.36. The minimum Gasteiger partial charge on any atom is -0.493 e. The molecule has 1 fully saturated rings. The Morgan fingerprint density at radius 3 is 2.57 bits per heavy atom. The number of halogens is 4. The molecule has 35 heavy (non-hydrogen) atoms. The molecule has 2 aromatic heterocycles. The zero-order valence-corrected chi connectivity index (χ0v) is 20.6. The maximum Gasteiger partial charge on any atom is 0.419 e. The van der Waals surface area contributed by atoms with Crippen LogP contribution in [0, 0.1) is 11.3 Å². The predicted octanol–water partition coefficient (Wildman–Crippen LogP) is 4.40. The van der Waals surface area contributed by atoms with Crippen molar-refractivity contribution in [1.82, 2.24) is 24.8 Å². The van der Waals surface area contributed by atoms with Crippen LogP contribution in [-0.2, 0) is 13.2 Å². The smallest absolute Gasteiger partial charge is 0.419 e. The van der Waals surface area contributed by atoms with Crippen LogP contribution in [0.25, 0.3) is 22.3 Å². The molecule has 1 aliphatic rings. The second kappa shape index (κ2) is 10.8. The van der Waals surface area contributed by atoms with Crippen molar-refractivity contribution in [2.75, 3.05) is 26.2 Å². The molecule has 4 rings (SSSR count). The average molecular weight is 509 g/mol. The number of alkyl halides is 3. The molecule has 3 aromatic rings. The highest BCUT2D eigenvalue weighted by Gasteiger charge is 2.35. The lowest BCUT2D eigenvalue weighted by atomic mass is 10.1. The van der Waals surface area contributed by atoms with Gasteiger partial charge in [-0.05, 0) is 44.5 Å². The van der Waals surface area contributed by atoms with Gasteiger partial charge in [-0.2, -0.15) is 18.4 Å². The van der Waals surface area contributed by atoms with E-state index < -0.39 is 11.7 Å². The van der Waals surface area contributed by atoms with Crippen LogP contribution in [0.3, 0.4) is 0 Å². The molecule has 2 atom stereocenters. The number of hydrogen-bond acceptors (Lipinski definition) is 6. The van der Waals surface area contributed by atoms with Gasteiger partial charge >= 0.3 is 6.18 Å². The van der Waals surface area contributed by atoms with E-state index in [0.29, 0.717) is 29.5 Å². The van der Waals surface area contributed by atoms with Gasteiger partial charge in [-0.15, -0.1) is 12.4 Å². The first-order chi connectivity index (χ1) is 16.2. The van der Waals surface area contributed by atoms with E-state index in [1.165, 1.54) is 18.5 Å². The summed E-state index contributed by atoms with van der Waals surface area (Å²) in [7, 11) is 1.75. The fourth-order valence-electron chi connectivity index (χ4n) is 4.48. The highest BCUT2D eigenvalue weighted by atomic mass is 35.5. The number of fused-ring (bicyclic) bond motifs is 1. The van der Waals surface area contributed by atoms with Crippen LogP contribution in [0.2, 0.25) is 0 Å². The van der Waals surface area contributed by atoms with Gasteiger partial charge in [-0.25, -0.2) is 9.97 Å². The van der Waals surface area contributed by atoms with Crippen LogP contribution in [0.1, 0.15) is 31.5 Å². The Labute approximate surface area is 208 Å². The molecule has 0 saturated carbocycles. The Bertz CT molecular complexity index is 1210. The van der Waals surface area contributed by atoms with E-state index in [4.69, 9.17) is 4.74 Å². The lowest BCUT2D eigenvalue weighted by molar-refractivity contribution is -0.138. The van der Waals surface area contributed by atoms with Crippen LogP contribution >= 0.6 is 12.4 Å². The van der Waals surface area contributed by atoms with Gasteiger partial charge in [0, 0.05) is 44.3 Å². The molecule has 0 amide bonds. The van der Waals surface area contributed by atoms with Crippen LogP contribution in [0.15, 0.2) is 30.6 Å². The van der Waals surface area contributed by atoms with E-state index in [0.717, 1.165) is 25.7 Å². The highest BCUT2D eigenvalue weighted by molar-refractivity contribution is 5.85. The van der Waals surface area contributed by atoms with Crippen molar-refractivity contribution in [3.8, 4) is 23.1 Å². The van der Waals surface area contributed by atoms with Crippen molar-refractivity contribution < 1.29 is 17.9 Å². The van der Waals surface area contributed by atoms with Gasteiger partial charge in [0.05, 0.1) is 29.7 Å². The predicted molar refractivity (Wildman–Crippen MR) is 130 cm³/mol. The molecule has 7 nitrogen and oxygen atoms in total. The molecule has 0 aliphatic carbocycles.